The molecule has 9 nitrogen and oxygen atoms in total. The van der Waals surface area contributed by atoms with E-state index in [1.165, 1.54) is 22.9 Å². The van der Waals surface area contributed by atoms with Crippen LogP contribution < -0.4 is 10.6 Å². The topological polar surface area (TPSA) is 122 Å². The molecule has 1 aromatic heterocycles. The van der Waals surface area contributed by atoms with Gasteiger partial charge in [0.15, 0.2) is 5.82 Å². The van der Waals surface area contributed by atoms with Crippen molar-refractivity contribution in [1.29, 1.82) is 0 Å². The Bertz CT molecular complexity index is 1010. The highest BCUT2D eigenvalue weighted by Crippen LogP contribution is 2.19. The first-order valence-electron chi connectivity index (χ1n) is 8.29. The molecule has 0 fully saturated rings. The Morgan fingerprint density at radius 1 is 1.18 bits per heavy atom. The first-order chi connectivity index (χ1) is 13.4. The van der Waals surface area contributed by atoms with E-state index >= 15 is 0 Å². The molecule has 0 saturated heterocycles. The van der Waals surface area contributed by atoms with Gasteiger partial charge in [0.05, 0.1) is 6.10 Å². The normalized spacial score (nSPS) is 11.7. The van der Waals surface area contributed by atoms with Gasteiger partial charge in [0.1, 0.15) is 5.82 Å². The number of tetrazole rings is 1. The fraction of sp³-hybridized carbons (Fsp3) is 0.167. The summed E-state index contributed by atoms with van der Waals surface area (Å²) in [5.74, 6) is -1.83. The molecule has 0 saturated carbocycles. The van der Waals surface area contributed by atoms with Crippen LogP contribution in [-0.4, -0.2) is 43.7 Å². The van der Waals surface area contributed by atoms with Crippen LogP contribution in [0.2, 0.25) is 0 Å². The third-order valence-electron chi connectivity index (χ3n) is 3.89. The van der Waals surface area contributed by atoms with E-state index in [0.29, 0.717) is 22.6 Å². The Kier molecular flexibility index (Phi) is 5.70. The van der Waals surface area contributed by atoms with Crippen LogP contribution in [-0.2, 0) is 16.6 Å². The Labute approximate surface area is 159 Å². The average Bonchev–Trinajstić information content (AvgIpc) is 3.12. The first kappa shape index (κ1) is 19.1. The van der Waals surface area contributed by atoms with Crippen LogP contribution in [0.1, 0.15) is 11.7 Å². The number of rotatable bonds is 5. The van der Waals surface area contributed by atoms with Crippen LogP contribution >= 0.6 is 0 Å². The Morgan fingerprint density at radius 3 is 2.68 bits per heavy atom. The van der Waals surface area contributed by atoms with E-state index in [4.69, 9.17) is 0 Å². The molecule has 3 aromatic rings. The smallest absolute Gasteiger partial charge is 0.313 e. The number of halogens is 1. The van der Waals surface area contributed by atoms with Crippen molar-refractivity contribution < 1.29 is 19.1 Å². The fourth-order valence-electron chi connectivity index (χ4n) is 2.50. The summed E-state index contributed by atoms with van der Waals surface area (Å²) in [5.41, 5.74) is 1.34. The molecule has 3 N–H and O–H groups in total. The quantitative estimate of drug-likeness (QED) is 0.560. The number of nitrogens with one attached hydrogen (secondary N) is 2. The molecule has 2 aromatic carbocycles. The molecular weight excluding hydrogens is 367 g/mol. The predicted octanol–water partition coefficient (Wildman–Crippen LogP) is 0.804. The van der Waals surface area contributed by atoms with Gasteiger partial charge in [-0.2, -0.15) is 0 Å². The largest absolute Gasteiger partial charge is 0.387 e. The van der Waals surface area contributed by atoms with Crippen molar-refractivity contribution in [2.24, 2.45) is 7.05 Å². The van der Waals surface area contributed by atoms with Crippen LogP contribution in [0, 0.1) is 5.82 Å². The first-order valence-corrected chi connectivity index (χ1v) is 8.29. The summed E-state index contributed by atoms with van der Waals surface area (Å²) < 4.78 is 14.7. The zero-order chi connectivity index (χ0) is 20.1. The second kappa shape index (κ2) is 8.35. The number of hydrogen-bond acceptors (Lipinski definition) is 6. The minimum absolute atomic E-state index is 0.236. The van der Waals surface area contributed by atoms with Gasteiger partial charge in [0.2, 0.25) is 0 Å². The van der Waals surface area contributed by atoms with Crippen molar-refractivity contribution >= 4 is 17.5 Å². The SMILES string of the molecule is Cn1nnnc1-c1cccc(NC(=O)C(=O)NCC(O)c2cccc(F)c2)c1. The van der Waals surface area contributed by atoms with E-state index in [0.717, 1.165) is 6.07 Å². The molecule has 1 unspecified atom stereocenters. The van der Waals surface area contributed by atoms with Crippen LogP contribution in [0.4, 0.5) is 10.1 Å². The maximum Gasteiger partial charge on any atom is 0.313 e. The van der Waals surface area contributed by atoms with Gasteiger partial charge in [0.25, 0.3) is 0 Å². The predicted molar refractivity (Wildman–Crippen MR) is 97.2 cm³/mol. The molecule has 10 heteroatoms. The molecular formula is C18H17FN6O3. The summed E-state index contributed by atoms with van der Waals surface area (Å²) in [7, 11) is 1.68. The molecule has 2 amide bonds. The van der Waals surface area contributed by atoms with Crippen LogP contribution in [0.15, 0.2) is 48.5 Å². The van der Waals surface area contributed by atoms with Gasteiger partial charge in [-0.15, -0.1) is 5.10 Å². The van der Waals surface area contributed by atoms with Crippen LogP contribution in [0.25, 0.3) is 11.4 Å². The number of aromatic nitrogens is 4. The molecule has 0 bridgehead atoms. The van der Waals surface area contributed by atoms with Crippen LogP contribution in [0.3, 0.4) is 0 Å². The number of carbonyl (C=O) groups is 2. The van der Waals surface area contributed by atoms with Crippen LogP contribution in [0.5, 0.6) is 0 Å². The summed E-state index contributed by atoms with van der Waals surface area (Å²) in [6.07, 6.45) is -1.14. The Hall–Kier alpha value is -3.66. The van der Waals surface area contributed by atoms with E-state index in [1.807, 2.05) is 0 Å². The summed E-state index contributed by atoms with van der Waals surface area (Å²) in [6, 6.07) is 12.0. The van der Waals surface area contributed by atoms with Crippen molar-refractivity contribution in [3.8, 4) is 11.4 Å². The standard InChI is InChI=1S/C18H17FN6O3/c1-25-16(22-23-24-25)12-5-3-7-14(9-12)21-18(28)17(27)20-10-15(26)11-4-2-6-13(19)8-11/h2-9,15,26H,10H2,1H3,(H,20,27)(H,21,28). The number of benzene rings is 2. The zero-order valence-electron chi connectivity index (χ0n) is 14.8. The van der Waals surface area contributed by atoms with Gasteiger partial charge in [-0.05, 0) is 40.3 Å². The van der Waals surface area contributed by atoms with Crippen molar-refractivity contribution in [2.45, 2.75) is 6.10 Å². The second-order valence-electron chi connectivity index (χ2n) is 5.94. The lowest BCUT2D eigenvalue weighted by atomic mass is 10.1. The monoisotopic (exact) mass is 384 g/mol. The number of amides is 2. The van der Waals surface area contributed by atoms with E-state index in [2.05, 4.69) is 26.2 Å². The summed E-state index contributed by atoms with van der Waals surface area (Å²) in [6.45, 7) is -0.236. The Balaban J connectivity index is 1.59. The van der Waals surface area contributed by atoms with Crippen molar-refractivity contribution in [3.05, 3.63) is 59.9 Å². The average molecular weight is 384 g/mol. The van der Waals surface area contributed by atoms with Gasteiger partial charge >= 0.3 is 11.8 Å². The van der Waals surface area contributed by atoms with Gasteiger partial charge < -0.3 is 15.7 Å². The van der Waals surface area contributed by atoms with Crippen molar-refractivity contribution in [2.75, 3.05) is 11.9 Å². The van der Waals surface area contributed by atoms with E-state index in [1.54, 1.807) is 31.3 Å². The van der Waals surface area contributed by atoms with E-state index in [-0.39, 0.29) is 6.54 Å². The maximum absolute atomic E-state index is 13.2. The Morgan fingerprint density at radius 2 is 1.96 bits per heavy atom. The molecule has 0 aliphatic rings. The number of anilines is 1. The number of nitrogens with zero attached hydrogens (tertiary/aromatic N) is 4. The minimum atomic E-state index is -1.14. The maximum atomic E-state index is 13.2. The number of hydrogen-bond donors (Lipinski definition) is 3. The lowest BCUT2D eigenvalue weighted by Gasteiger charge is -2.12. The summed E-state index contributed by atoms with van der Waals surface area (Å²) in [4.78, 5) is 24.0. The van der Waals surface area contributed by atoms with E-state index < -0.39 is 23.7 Å². The molecule has 0 aliphatic heterocycles. The highest BCUT2D eigenvalue weighted by molar-refractivity contribution is 6.39. The summed E-state index contributed by atoms with van der Waals surface area (Å²) in [5, 5.41) is 25.9. The number of aryl methyl sites for hydroxylation is 1. The molecule has 144 valence electrons. The van der Waals surface area contributed by atoms with Gasteiger partial charge in [-0.25, -0.2) is 9.07 Å². The van der Waals surface area contributed by atoms with Gasteiger partial charge in [-0.3, -0.25) is 9.59 Å². The molecule has 1 heterocycles. The summed E-state index contributed by atoms with van der Waals surface area (Å²) >= 11 is 0. The highest BCUT2D eigenvalue weighted by atomic mass is 19.1. The molecule has 0 radical (unpaired) electrons. The lowest BCUT2D eigenvalue weighted by Crippen LogP contribution is -2.37. The molecule has 0 aliphatic carbocycles. The fourth-order valence-corrected chi connectivity index (χ4v) is 2.50. The minimum Gasteiger partial charge on any atom is -0.387 e. The third kappa shape index (κ3) is 4.54. The highest BCUT2D eigenvalue weighted by Gasteiger charge is 2.17. The molecule has 3 rings (SSSR count). The van der Waals surface area contributed by atoms with Gasteiger partial charge in [-0.1, -0.05) is 24.3 Å². The van der Waals surface area contributed by atoms with E-state index in [9.17, 15) is 19.1 Å². The molecule has 28 heavy (non-hydrogen) atoms. The molecule has 0 spiro atoms. The third-order valence-corrected chi connectivity index (χ3v) is 3.89. The van der Waals surface area contributed by atoms with Crippen molar-refractivity contribution in [3.63, 3.8) is 0 Å². The lowest BCUT2D eigenvalue weighted by molar-refractivity contribution is -0.136. The van der Waals surface area contributed by atoms with Crippen molar-refractivity contribution in [1.82, 2.24) is 25.5 Å². The second-order valence-corrected chi connectivity index (χ2v) is 5.94. The van der Waals surface area contributed by atoms with Gasteiger partial charge in [0, 0.05) is 24.8 Å². The number of aliphatic hydroxyl groups is 1. The number of carbonyl (C=O) groups excluding carboxylic acids is 2. The number of aliphatic hydroxyl groups excluding tert-OH is 1. The zero-order valence-corrected chi connectivity index (χ0v) is 14.8. The molecule has 1 atom stereocenters.